The van der Waals surface area contributed by atoms with Gasteiger partial charge in [-0.2, -0.15) is 0 Å². The fourth-order valence-corrected chi connectivity index (χ4v) is 4.77. The van der Waals surface area contributed by atoms with Crippen LogP contribution in [0.4, 0.5) is 0 Å². The summed E-state index contributed by atoms with van der Waals surface area (Å²) in [6, 6.07) is 3.36. The summed E-state index contributed by atoms with van der Waals surface area (Å²) in [6.07, 6.45) is 7.43. The van der Waals surface area contributed by atoms with Gasteiger partial charge in [0.2, 0.25) is 11.8 Å². The lowest BCUT2D eigenvalue weighted by Gasteiger charge is -2.26. The minimum absolute atomic E-state index is 0.00862. The van der Waals surface area contributed by atoms with Gasteiger partial charge >= 0.3 is 0 Å². The molecule has 3 amide bonds. The van der Waals surface area contributed by atoms with Crippen molar-refractivity contribution in [3.05, 3.63) is 24.2 Å². The van der Waals surface area contributed by atoms with Gasteiger partial charge in [-0.15, -0.1) is 0 Å². The average Bonchev–Trinajstić information content (AvgIpc) is 3.35. The molecule has 0 N–H and O–H groups in total. The zero-order chi connectivity index (χ0) is 18.9. The third-order valence-electron chi connectivity index (χ3n) is 6.26. The Labute approximate surface area is 159 Å². The number of hydrogen-bond acceptors (Lipinski definition) is 4. The molecule has 1 aromatic rings. The van der Waals surface area contributed by atoms with E-state index in [-0.39, 0.29) is 29.7 Å². The molecule has 1 spiro atoms. The Kier molecular flexibility index (Phi) is 4.93. The van der Waals surface area contributed by atoms with E-state index in [9.17, 15) is 14.4 Å². The quantitative estimate of drug-likeness (QED) is 0.809. The summed E-state index contributed by atoms with van der Waals surface area (Å²) in [7, 11) is 0. The number of furan rings is 1. The van der Waals surface area contributed by atoms with Crippen LogP contribution in [-0.2, 0) is 9.59 Å². The van der Waals surface area contributed by atoms with Gasteiger partial charge in [0.1, 0.15) is 0 Å². The molecule has 3 fully saturated rings. The van der Waals surface area contributed by atoms with E-state index in [0.717, 1.165) is 25.8 Å². The molecule has 3 aliphatic rings. The van der Waals surface area contributed by atoms with Crippen molar-refractivity contribution in [1.29, 1.82) is 0 Å². The van der Waals surface area contributed by atoms with Gasteiger partial charge < -0.3 is 19.1 Å². The van der Waals surface area contributed by atoms with E-state index in [1.807, 2.05) is 0 Å². The average molecular weight is 373 g/mol. The van der Waals surface area contributed by atoms with E-state index in [0.29, 0.717) is 38.4 Å². The van der Waals surface area contributed by atoms with Crippen molar-refractivity contribution in [2.24, 2.45) is 5.41 Å². The van der Waals surface area contributed by atoms with E-state index in [2.05, 4.69) is 0 Å². The third kappa shape index (κ3) is 3.73. The molecule has 0 atom stereocenters. The first kappa shape index (κ1) is 18.1. The summed E-state index contributed by atoms with van der Waals surface area (Å²) in [5.41, 5.74) is 0.127. The Hall–Kier alpha value is -2.31. The van der Waals surface area contributed by atoms with Crippen LogP contribution >= 0.6 is 0 Å². The van der Waals surface area contributed by atoms with Crippen molar-refractivity contribution in [1.82, 2.24) is 14.7 Å². The SMILES string of the molecule is O=C(CN1CC2(CCCC2)CC1=O)N1CCCN(C(=O)c2ccco2)CC1. The van der Waals surface area contributed by atoms with Gasteiger partial charge in [0.05, 0.1) is 12.8 Å². The Morgan fingerprint density at radius 3 is 2.52 bits per heavy atom. The Bertz CT molecular complexity index is 709. The second-order valence-electron chi connectivity index (χ2n) is 8.14. The van der Waals surface area contributed by atoms with E-state index in [1.54, 1.807) is 26.8 Å². The minimum atomic E-state index is -0.132. The Balaban J connectivity index is 1.32. The van der Waals surface area contributed by atoms with Crippen molar-refractivity contribution in [2.45, 2.75) is 38.5 Å². The second-order valence-corrected chi connectivity index (χ2v) is 8.14. The molecule has 3 heterocycles. The third-order valence-corrected chi connectivity index (χ3v) is 6.26. The van der Waals surface area contributed by atoms with Crippen LogP contribution in [0.2, 0.25) is 0 Å². The van der Waals surface area contributed by atoms with Crippen molar-refractivity contribution in [3.8, 4) is 0 Å². The van der Waals surface area contributed by atoms with Gasteiger partial charge in [-0.05, 0) is 36.8 Å². The Morgan fingerprint density at radius 1 is 1.04 bits per heavy atom. The topological polar surface area (TPSA) is 74.1 Å². The van der Waals surface area contributed by atoms with Crippen molar-refractivity contribution in [3.63, 3.8) is 0 Å². The molecule has 2 aliphatic heterocycles. The first-order valence-electron chi connectivity index (χ1n) is 9.95. The van der Waals surface area contributed by atoms with Gasteiger partial charge in [-0.3, -0.25) is 14.4 Å². The largest absolute Gasteiger partial charge is 0.459 e. The molecule has 4 rings (SSSR count). The predicted octanol–water partition coefficient (Wildman–Crippen LogP) is 1.75. The molecule has 0 radical (unpaired) electrons. The van der Waals surface area contributed by atoms with Crippen LogP contribution in [0.3, 0.4) is 0 Å². The number of likely N-dealkylation sites (tertiary alicyclic amines) is 1. The zero-order valence-electron chi connectivity index (χ0n) is 15.7. The first-order chi connectivity index (χ1) is 13.1. The van der Waals surface area contributed by atoms with Crippen molar-refractivity contribution in [2.75, 3.05) is 39.3 Å². The maximum atomic E-state index is 12.8. The molecule has 1 aliphatic carbocycles. The first-order valence-corrected chi connectivity index (χ1v) is 9.95. The molecule has 27 heavy (non-hydrogen) atoms. The number of carbonyl (C=O) groups excluding carboxylic acids is 3. The summed E-state index contributed by atoms with van der Waals surface area (Å²) < 4.78 is 5.19. The van der Waals surface area contributed by atoms with Gasteiger partial charge in [0, 0.05) is 39.1 Å². The molecule has 0 aromatic carbocycles. The lowest BCUT2D eigenvalue weighted by atomic mass is 9.85. The highest BCUT2D eigenvalue weighted by atomic mass is 16.3. The molecule has 7 heteroatoms. The van der Waals surface area contributed by atoms with Gasteiger partial charge in [0.25, 0.3) is 5.91 Å². The summed E-state index contributed by atoms with van der Waals surface area (Å²) >= 11 is 0. The number of hydrogen-bond donors (Lipinski definition) is 0. The highest BCUT2D eigenvalue weighted by Crippen LogP contribution is 2.45. The maximum Gasteiger partial charge on any atom is 0.289 e. The van der Waals surface area contributed by atoms with Crippen LogP contribution < -0.4 is 0 Å². The normalized spacial score (nSPS) is 22.5. The molecule has 1 saturated carbocycles. The van der Waals surface area contributed by atoms with E-state index >= 15 is 0 Å². The number of amides is 3. The standard InChI is InChI=1S/C20H27N3O4/c24-17-13-20(6-1-2-7-20)15-23(17)14-18(25)21-8-4-9-22(11-10-21)19(26)16-5-3-12-27-16/h3,5,12H,1-2,4,6-11,13-15H2. The highest BCUT2D eigenvalue weighted by molar-refractivity contribution is 5.91. The maximum absolute atomic E-state index is 12.8. The van der Waals surface area contributed by atoms with E-state index < -0.39 is 0 Å². The fourth-order valence-electron chi connectivity index (χ4n) is 4.77. The molecule has 7 nitrogen and oxygen atoms in total. The second kappa shape index (κ2) is 7.37. The van der Waals surface area contributed by atoms with Crippen LogP contribution in [0, 0.1) is 5.41 Å². The highest BCUT2D eigenvalue weighted by Gasteiger charge is 2.45. The molecular weight excluding hydrogens is 346 g/mol. The zero-order valence-corrected chi connectivity index (χ0v) is 15.7. The number of nitrogens with zero attached hydrogens (tertiary/aromatic N) is 3. The van der Waals surface area contributed by atoms with Crippen molar-refractivity contribution >= 4 is 17.7 Å². The predicted molar refractivity (Wildman–Crippen MR) is 97.9 cm³/mol. The van der Waals surface area contributed by atoms with Crippen LogP contribution in [-0.4, -0.2) is 71.7 Å². The summed E-state index contributed by atoms with van der Waals surface area (Å²) in [4.78, 5) is 42.9. The smallest absolute Gasteiger partial charge is 0.289 e. The Morgan fingerprint density at radius 2 is 1.78 bits per heavy atom. The monoisotopic (exact) mass is 373 g/mol. The lowest BCUT2D eigenvalue weighted by Crippen LogP contribution is -2.43. The molecular formula is C20H27N3O4. The van der Waals surface area contributed by atoms with Gasteiger partial charge in [-0.25, -0.2) is 0 Å². The van der Waals surface area contributed by atoms with Crippen LogP contribution in [0.15, 0.2) is 22.8 Å². The van der Waals surface area contributed by atoms with Crippen LogP contribution in [0.1, 0.15) is 49.1 Å². The number of rotatable bonds is 3. The lowest BCUT2D eigenvalue weighted by molar-refractivity contribution is -0.138. The van der Waals surface area contributed by atoms with Crippen LogP contribution in [0.25, 0.3) is 0 Å². The molecule has 0 unspecified atom stereocenters. The number of carbonyl (C=O) groups is 3. The van der Waals surface area contributed by atoms with Crippen molar-refractivity contribution < 1.29 is 18.8 Å². The molecule has 0 bridgehead atoms. The molecule has 2 saturated heterocycles. The minimum Gasteiger partial charge on any atom is -0.459 e. The summed E-state index contributed by atoms with van der Waals surface area (Å²) in [5, 5.41) is 0. The molecule has 146 valence electrons. The van der Waals surface area contributed by atoms with Gasteiger partial charge in [-0.1, -0.05) is 12.8 Å². The fraction of sp³-hybridized carbons (Fsp3) is 0.650. The van der Waals surface area contributed by atoms with Gasteiger partial charge in [0.15, 0.2) is 5.76 Å². The summed E-state index contributed by atoms with van der Waals surface area (Å²) in [6.45, 7) is 3.12. The summed E-state index contributed by atoms with van der Waals surface area (Å²) in [5.74, 6) is 0.312. The van der Waals surface area contributed by atoms with E-state index in [4.69, 9.17) is 4.42 Å². The molecule has 1 aromatic heterocycles. The van der Waals surface area contributed by atoms with E-state index in [1.165, 1.54) is 19.1 Å². The van der Waals surface area contributed by atoms with Crippen LogP contribution in [0.5, 0.6) is 0 Å².